The molecule has 0 aromatic rings. The van der Waals surface area contributed by atoms with Crippen molar-refractivity contribution in [2.75, 3.05) is 6.61 Å². The fourth-order valence-electron chi connectivity index (χ4n) is 0.654. The maximum Gasteiger partial charge on any atom is 0.422 e. The van der Waals surface area contributed by atoms with Crippen LogP contribution in [0.5, 0.6) is 0 Å². The molecule has 17 heavy (non-hydrogen) atoms. The molecule has 0 aromatic heterocycles. The number of aliphatic imine (C=N–C) groups is 1. The van der Waals surface area contributed by atoms with Gasteiger partial charge in [0.05, 0.1) is 0 Å². The smallest absolute Gasteiger partial charge is 0.422 e. The van der Waals surface area contributed by atoms with Crippen LogP contribution < -0.4 is 0 Å². The van der Waals surface area contributed by atoms with Crippen molar-refractivity contribution in [3.8, 4) is 0 Å². The van der Waals surface area contributed by atoms with Crippen LogP contribution in [0.25, 0.3) is 0 Å². The summed E-state index contributed by atoms with van der Waals surface area (Å²) in [7, 11) is 0. The Balaban J connectivity index is 4.89. The van der Waals surface area contributed by atoms with Gasteiger partial charge in [-0.2, -0.15) is 13.2 Å². The van der Waals surface area contributed by atoms with Crippen molar-refractivity contribution in [2.24, 2.45) is 4.99 Å². The molecule has 0 atom stereocenters. The average molecular weight is 272 g/mol. The normalized spacial score (nSPS) is 14.1. The molecule has 0 radical (unpaired) electrons. The average Bonchev–Trinajstić information content (AvgIpc) is 2.16. The molecular weight excluding hydrogens is 263 g/mol. The zero-order valence-electron chi connectivity index (χ0n) is 8.71. The Labute approximate surface area is 100 Å². The van der Waals surface area contributed by atoms with Crippen LogP contribution in [0, 0.1) is 0 Å². The molecule has 0 amide bonds. The molecule has 96 valence electrons. The summed E-state index contributed by atoms with van der Waals surface area (Å²) in [6, 6.07) is 0. The molecule has 1 N–H and O–H groups in total. The van der Waals surface area contributed by atoms with Crippen molar-refractivity contribution in [2.45, 2.75) is 13.1 Å². The predicted octanol–water partition coefficient (Wildman–Crippen LogP) is 2.70. The van der Waals surface area contributed by atoms with E-state index in [-0.39, 0.29) is 10.6 Å². The Kier molecular flexibility index (Phi) is 5.73. The summed E-state index contributed by atoms with van der Waals surface area (Å²) in [6.45, 7) is 2.61. The SMILES string of the molecule is C=N/C(OCC(F)(F)F)=C(Cl)\C=C(/C)C(=O)O. The fourth-order valence-corrected chi connectivity index (χ4v) is 0.932. The molecule has 0 aliphatic heterocycles. The lowest BCUT2D eigenvalue weighted by atomic mass is 10.3. The van der Waals surface area contributed by atoms with Gasteiger partial charge in [0.2, 0.25) is 5.88 Å². The van der Waals surface area contributed by atoms with E-state index in [9.17, 15) is 18.0 Å². The van der Waals surface area contributed by atoms with Gasteiger partial charge in [-0.15, -0.1) is 0 Å². The standard InChI is InChI=1S/C9H9ClF3NO3/c1-5(8(15)16)3-6(10)7(14-2)17-4-9(11,12)13/h3H,2,4H2,1H3,(H,15,16)/b5-3+,7-6-. The molecule has 0 saturated carbocycles. The van der Waals surface area contributed by atoms with Gasteiger partial charge in [-0.3, -0.25) is 0 Å². The van der Waals surface area contributed by atoms with Crippen LogP contribution in [0.2, 0.25) is 0 Å². The van der Waals surface area contributed by atoms with Gasteiger partial charge >= 0.3 is 12.1 Å². The number of aliphatic carboxylic acids is 1. The number of nitrogens with zero attached hydrogens (tertiary/aromatic N) is 1. The minimum atomic E-state index is -4.54. The highest BCUT2D eigenvalue weighted by Gasteiger charge is 2.29. The molecule has 0 rings (SSSR count). The van der Waals surface area contributed by atoms with Crippen molar-refractivity contribution in [1.82, 2.24) is 0 Å². The van der Waals surface area contributed by atoms with E-state index in [1.165, 1.54) is 6.92 Å². The zero-order chi connectivity index (χ0) is 13.6. The molecule has 0 spiro atoms. The van der Waals surface area contributed by atoms with Crippen molar-refractivity contribution in [3.05, 3.63) is 22.6 Å². The number of ether oxygens (including phenoxy) is 1. The third-order valence-corrected chi connectivity index (χ3v) is 1.67. The molecule has 0 aliphatic carbocycles. The molecule has 0 heterocycles. The van der Waals surface area contributed by atoms with Gasteiger partial charge < -0.3 is 9.84 Å². The summed E-state index contributed by atoms with van der Waals surface area (Å²) >= 11 is 5.53. The van der Waals surface area contributed by atoms with Gasteiger partial charge in [0.1, 0.15) is 5.03 Å². The van der Waals surface area contributed by atoms with Gasteiger partial charge in [-0.05, 0) is 19.7 Å². The van der Waals surface area contributed by atoms with Gasteiger partial charge in [-0.25, -0.2) is 9.79 Å². The minimum Gasteiger partial charge on any atom is -0.478 e. The molecule has 0 aliphatic rings. The summed E-state index contributed by atoms with van der Waals surface area (Å²) < 4.78 is 39.8. The summed E-state index contributed by atoms with van der Waals surface area (Å²) in [5.74, 6) is -1.84. The molecule has 0 aromatic carbocycles. The van der Waals surface area contributed by atoms with E-state index >= 15 is 0 Å². The van der Waals surface area contributed by atoms with E-state index in [1.54, 1.807) is 0 Å². The van der Waals surface area contributed by atoms with Crippen LogP contribution in [0.3, 0.4) is 0 Å². The molecule has 8 heteroatoms. The number of hydrogen-bond acceptors (Lipinski definition) is 3. The number of hydrogen-bond donors (Lipinski definition) is 1. The van der Waals surface area contributed by atoms with Gasteiger partial charge in [0.25, 0.3) is 0 Å². The molecule has 0 saturated heterocycles. The lowest BCUT2D eigenvalue weighted by Crippen LogP contribution is -2.16. The largest absolute Gasteiger partial charge is 0.478 e. The number of alkyl halides is 3. The number of rotatable bonds is 5. The number of carboxylic acid groups (broad SMARTS) is 1. The molecule has 0 unspecified atom stereocenters. The molecule has 0 bridgehead atoms. The Bertz CT molecular complexity index is 374. The van der Waals surface area contributed by atoms with E-state index < -0.39 is 24.6 Å². The van der Waals surface area contributed by atoms with Crippen LogP contribution >= 0.6 is 11.6 Å². The van der Waals surface area contributed by atoms with Gasteiger partial charge in [0.15, 0.2) is 6.61 Å². The molecule has 4 nitrogen and oxygen atoms in total. The fraction of sp³-hybridized carbons (Fsp3) is 0.333. The predicted molar refractivity (Wildman–Crippen MR) is 55.8 cm³/mol. The lowest BCUT2D eigenvalue weighted by Gasteiger charge is -2.09. The van der Waals surface area contributed by atoms with E-state index in [1.807, 2.05) is 0 Å². The second-order valence-corrected chi connectivity index (χ2v) is 3.25. The number of allylic oxidation sites excluding steroid dienone is 2. The zero-order valence-corrected chi connectivity index (χ0v) is 9.47. The van der Waals surface area contributed by atoms with Gasteiger partial charge in [-0.1, -0.05) is 11.6 Å². The van der Waals surface area contributed by atoms with Crippen molar-refractivity contribution in [3.63, 3.8) is 0 Å². The third-order valence-electron chi connectivity index (χ3n) is 1.40. The summed E-state index contributed by atoms with van der Waals surface area (Å²) in [5.41, 5.74) is -0.174. The Morgan fingerprint density at radius 2 is 2.12 bits per heavy atom. The second-order valence-electron chi connectivity index (χ2n) is 2.85. The quantitative estimate of drug-likeness (QED) is 0.362. The van der Waals surface area contributed by atoms with Crippen LogP contribution in [-0.2, 0) is 9.53 Å². The minimum absolute atomic E-state index is 0.174. The van der Waals surface area contributed by atoms with E-state index in [4.69, 9.17) is 16.7 Å². The van der Waals surface area contributed by atoms with Gasteiger partial charge in [0, 0.05) is 5.57 Å². The summed E-state index contributed by atoms with van der Waals surface area (Å²) in [4.78, 5) is 13.6. The van der Waals surface area contributed by atoms with Crippen molar-refractivity contribution in [1.29, 1.82) is 0 Å². The van der Waals surface area contributed by atoms with E-state index in [0.717, 1.165) is 6.08 Å². The maximum atomic E-state index is 11.8. The Morgan fingerprint density at radius 3 is 2.47 bits per heavy atom. The van der Waals surface area contributed by atoms with Crippen molar-refractivity contribution < 1.29 is 27.8 Å². The third kappa shape index (κ3) is 6.62. The number of carboxylic acids is 1. The van der Waals surface area contributed by atoms with E-state index in [0.29, 0.717) is 0 Å². The Hall–Kier alpha value is -1.50. The highest BCUT2D eigenvalue weighted by atomic mass is 35.5. The number of halogens is 4. The maximum absolute atomic E-state index is 11.8. The van der Waals surface area contributed by atoms with Crippen LogP contribution in [0.15, 0.2) is 27.6 Å². The van der Waals surface area contributed by atoms with Crippen molar-refractivity contribution >= 4 is 24.3 Å². The second kappa shape index (κ2) is 6.29. The first-order valence-electron chi connectivity index (χ1n) is 4.15. The Morgan fingerprint density at radius 1 is 1.59 bits per heavy atom. The molecular formula is C9H9ClF3NO3. The van der Waals surface area contributed by atoms with Crippen LogP contribution in [0.1, 0.15) is 6.92 Å². The first-order chi connectivity index (χ1) is 7.67. The lowest BCUT2D eigenvalue weighted by molar-refractivity contribution is -0.165. The van der Waals surface area contributed by atoms with Crippen LogP contribution in [0.4, 0.5) is 13.2 Å². The molecule has 0 fully saturated rings. The highest BCUT2D eigenvalue weighted by molar-refractivity contribution is 6.31. The monoisotopic (exact) mass is 271 g/mol. The van der Waals surface area contributed by atoms with E-state index in [2.05, 4.69) is 16.4 Å². The first-order valence-corrected chi connectivity index (χ1v) is 4.53. The summed E-state index contributed by atoms with van der Waals surface area (Å²) in [6.07, 6.45) is -3.62. The summed E-state index contributed by atoms with van der Waals surface area (Å²) in [5, 5.41) is 8.16. The topological polar surface area (TPSA) is 58.9 Å². The highest BCUT2D eigenvalue weighted by Crippen LogP contribution is 2.20. The van der Waals surface area contributed by atoms with Crippen LogP contribution in [-0.4, -0.2) is 30.6 Å². The first kappa shape index (κ1) is 15.5. The number of carbonyl (C=O) groups is 1.